The number of nitrogens with zero attached hydrogens (tertiary/aromatic N) is 3. The number of allylic oxidation sites excluding steroid dienone is 2. The van der Waals surface area contributed by atoms with Gasteiger partial charge in [0.1, 0.15) is 0 Å². The molecule has 1 rings (SSSR count). The SMILES string of the molecule is C/C=c1/c(C)nnc(C)/c1=C/C(=C/CC)N(C)C(CC)CCC(C)CC.CCC. The molecule has 3 nitrogen and oxygen atoms in total. The second-order valence-electron chi connectivity index (χ2n) is 8.14. The van der Waals surface area contributed by atoms with Crippen LogP contribution in [0.3, 0.4) is 0 Å². The van der Waals surface area contributed by atoms with E-state index in [4.69, 9.17) is 0 Å². The van der Waals surface area contributed by atoms with E-state index in [2.05, 4.69) is 95.8 Å². The molecular formula is C26H47N3. The standard InChI is InChI=1S/C23H39N3.C3H8/c1-9-13-21(26(8)20(11-3)15-14-17(5)10-2)16-23-19(7)25-24-18(6)22(23)12-4;1-3-2/h12-13,16-17,20H,9-11,14-15H2,1-8H3;3H2,1-2H3/b21-13-,22-12-,23-16-;. The average Bonchev–Trinajstić information content (AvgIpc) is 2.70. The van der Waals surface area contributed by atoms with E-state index in [0.717, 1.165) is 23.7 Å². The molecule has 0 saturated carbocycles. The highest BCUT2D eigenvalue weighted by Gasteiger charge is 2.15. The molecule has 2 unspecified atom stereocenters. The summed E-state index contributed by atoms with van der Waals surface area (Å²) in [6.45, 7) is 19.6. The molecule has 0 bridgehead atoms. The molecule has 1 aromatic heterocycles. The minimum Gasteiger partial charge on any atom is -0.372 e. The minimum atomic E-state index is 0.573. The largest absolute Gasteiger partial charge is 0.372 e. The van der Waals surface area contributed by atoms with E-state index in [1.54, 1.807) is 0 Å². The Bertz CT molecular complexity index is 718. The highest BCUT2D eigenvalue weighted by Crippen LogP contribution is 2.20. The average molecular weight is 402 g/mol. The van der Waals surface area contributed by atoms with Crippen LogP contribution in [0.4, 0.5) is 0 Å². The van der Waals surface area contributed by atoms with Gasteiger partial charge in [-0.05, 0) is 58.4 Å². The molecule has 0 N–H and O–H groups in total. The molecule has 0 aliphatic rings. The molecule has 166 valence electrons. The van der Waals surface area contributed by atoms with Crippen LogP contribution < -0.4 is 10.4 Å². The van der Waals surface area contributed by atoms with Crippen molar-refractivity contribution < 1.29 is 0 Å². The molecule has 0 aliphatic heterocycles. The lowest BCUT2D eigenvalue weighted by atomic mass is 9.97. The van der Waals surface area contributed by atoms with E-state index in [1.165, 1.54) is 48.2 Å². The molecular weight excluding hydrogens is 354 g/mol. The van der Waals surface area contributed by atoms with Crippen molar-refractivity contribution in [3.05, 3.63) is 33.6 Å². The second-order valence-corrected chi connectivity index (χ2v) is 8.14. The Hall–Kier alpha value is -1.64. The van der Waals surface area contributed by atoms with Crippen LogP contribution in [-0.4, -0.2) is 28.2 Å². The Kier molecular flexibility index (Phi) is 14.4. The maximum absolute atomic E-state index is 4.35. The lowest BCUT2D eigenvalue weighted by molar-refractivity contribution is 0.271. The van der Waals surface area contributed by atoms with Gasteiger partial charge in [-0.1, -0.05) is 66.5 Å². The van der Waals surface area contributed by atoms with Crippen molar-refractivity contribution in [1.82, 2.24) is 15.1 Å². The fourth-order valence-electron chi connectivity index (χ4n) is 3.42. The monoisotopic (exact) mass is 401 g/mol. The summed E-state index contributed by atoms with van der Waals surface area (Å²) in [6.07, 6.45) is 14.0. The van der Waals surface area contributed by atoms with Gasteiger partial charge in [0.2, 0.25) is 0 Å². The molecule has 0 radical (unpaired) electrons. The summed E-state index contributed by atoms with van der Waals surface area (Å²) >= 11 is 0. The van der Waals surface area contributed by atoms with Crippen LogP contribution >= 0.6 is 0 Å². The van der Waals surface area contributed by atoms with Gasteiger partial charge in [0.25, 0.3) is 0 Å². The summed E-state index contributed by atoms with van der Waals surface area (Å²) in [6, 6.07) is 0.573. The zero-order chi connectivity index (χ0) is 22.4. The summed E-state index contributed by atoms with van der Waals surface area (Å²) < 4.78 is 0. The van der Waals surface area contributed by atoms with E-state index >= 15 is 0 Å². The van der Waals surface area contributed by atoms with Crippen LogP contribution in [-0.2, 0) is 0 Å². The molecule has 0 aliphatic carbocycles. The molecule has 0 amide bonds. The van der Waals surface area contributed by atoms with Crippen LogP contribution in [0.15, 0.2) is 11.8 Å². The highest BCUT2D eigenvalue weighted by molar-refractivity contribution is 5.48. The summed E-state index contributed by atoms with van der Waals surface area (Å²) in [5.41, 5.74) is 3.28. The third kappa shape index (κ3) is 9.14. The van der Waals surface area contributed by atoms with Gasteiger partial charge in [0.15, 0.2) is 0 Å². The zero-order valence-electron chi connectivity index (χ0n) is 21.0. The van der Waals surface area contributed by atoms with Crippen molar-refractivity contribution in [2.75, 3.05) is 7.05 Å². The van der Waals surface area contributed by atoms with Gasteiger partial charge in [-0.2, -0.15) is 10.2 Å². The van der Waals surface area contributed by atoms with E-state index in [1.807, 2.05) is 6.92 Å². The molecule has 2 atom stereocenters. The first-order chi connectivity index (χ1) is 13.8. The Morgan fingerprint density at radius 2 is 1.48 bits per heavy atom. The van der Waals surface area contributed by atoms with Crippen LogP contribution in [0.2, 0.25) is 0 Å². The van der Waals surface area contributed by atoms with Crippen molar-refractivity contribution >= 4 is 12.2 Å². The molecule has 0 saturated heterocycles. The van der Waals surface area contributed by atoms with Crippen molar-refractivity contribution in [2.24, 2.45) is 5.92 Å². The Morgan fingerprint density at radius 3 is 1.93 bits per heavy atom. The Balaban J connectivity index is 0.00000245. The number of rotatable bonds is 9. The summed E-state index contributed by atoms with van der Waals surface area (Å²) in [4.78, 5) is 2.47. The van der Waals surface area contributed by atoms with Gasteiger partial charge in [-0.15, -0.1) is 0 Å². The molecule has 1 heterocycles. The van der Waals surface area contributed by atoms with Crippen molar-refractivity contribution in [2.45, 2.75) is 107 Å². The van der Waals surface area contributed by atoms with Crippen molar-refractivity contribution in [3.63, 3.8) is 0 Å². The lowest BCUT2D eigenvalue weighted by Crippen LogP contribution is -2.35. The lowest BCUT2D eigenvalue weighted by Gasteiger charge is -2.31. The van der Waals surface area contributed by atoms with Gasteiger partial charge in [-0.3, -0.25) is 0 Å². The molecule has 0 spiro atoms. The number of aryl methyl sites for hydroxylation is 2. The number of aromatic nitrogens is 2. The molecule has 29 heavy (non-hydrogen) atoms. The van der Waals surface area contributed by atoms with E-state index in [9.17, 15) is 0 Å². The van der Waals surface area contributed by atoms with Crippen LogP contribution in [0.5, 0.6) is 0 Å². The molecule has 0 fully saturated rings. The highest BCUT2D eigenvalue weighted by atomic mass is 15.1. The summed E-state index contributed by atoms with van der Waals surface area (Å²) in [5.74, 6) is 0.802. The number of hydrogen-bond donors (Lipinski definition) is 0. The third-order valence-corrected chi connectivity index (χ3v) is 5.53. The van der Waals surface area contributed by atoms with E-state index in [0.29, 0.717) is 6.04 Å². The quantitative estimate of drug-likeness (QED) is 0.514. The predicted octanol–water partition coefficient (Wildman–Crippen LogP) is 5.92. The topological polar surface area (TPSA) is 29.0 Å². The normalized spacial score (nSPS) is 15.0. The van der Waals surface area contributed by atoms with Gasteiger partial charge in [0.05, 0.1) is 11.4 Å². The summed E-state index contributed by atoms with van der Waals surface area (Å²) in [5, 5.41) is 11.0. The smallest absolute Gasteiger partial charge is 0.0679 e. The van der Waals surface area contributed by atoms with Crippen molar-refractivity contribution in [1.29, 1.82) is 0 Å². The van der Waals surface area contributed by atoms with Gasteiger partial charge in [0, 0.05) is 29.2 Å². The molecule has 3 heteroatoms. The second kappa shape index (κ2) is 15.2. The van der Waals surface area contributed by atoms with Gasteiger partial charge in [-0.25, -0.2) is 0 Å². The maximum Gasteiger partial charge on any atom is 0.0679 e. The predicted molar refractivity (Wildman–Crippen MR) is 130 cm³/mol. The van der Waals surface area contributed by atoms with Crippen LogP contribution in [0, 0.1) is 19.8 Å². The minimum absolute atomic E-state index is 0.573. The van der Waals surface area contributed by atoms with Crippen LogP contribution in [0.25, 0.3) is 12.2 Å². The summed E-state index contributed by atoms with van der Waals surface area (Å²) in [7, 11) is 2.24. The molecule has 0 aromatic carbocycles. The molecule has 1 aromatic rings. The first-order valence-corrected chi connectivity index (χ1v) is 11.7. The maximum atomic E-state index is 4.35. The fraction of sp³-hybridized carbons (Fsp3) is 0.692. The van der Waals surface area contributed by atoms with Crippen LogP contribution in [0.1, 0.15) is 98.4 Å². The first kappa shape index (κ1) is 27.4. The zero-order valence-corrected chi connectivity index (χ0v) is 21.0. The number of hydrogen-bond acceptors (Lipinski definition) is 3. The van der Waals surface area contributed by atoms with E-state index < -0.39 is 0 Å². The Labute approximate surface area is 181 Å². The van der Waals surface area contributed by atoms with Gasteiger partial charge >= 0.3 is 0 Å². The first-order valence-electron chi connectivity index (χ1n) is 11.7. The van der Waals surface area contributed by atoms with Gasteiger partial charge < -0.3 is 4.90 Å². The fourth-order valence-corrected chi connectivity index (χ4v) is 3.42. The Morgan fingerprint density at radius 1 is 0.931 bits per heavy atom. The third-order valence-electron chi connectivity index (χ3n) is 5.53. The van der Waals surface area contributed by atoms with E-state index in [-0.39, 0.29) is 0 Å². The van der Waals surface area contributed by atoms with Crippen molar-refractivity contribution in [3.8, 4) is 0 Å².